The Kier molecular flexibility index (Phi) is 5.49. The van der Waals surface area contributed by atoms with Gasteiger partial charge in [0.25, 0.3) is 0 Å². The molecule has 240 valence electrons. The molecule has 0 unspecified atom stereocenters. The van der Waals surface area contributed by atoms with Crippen molar-refractivity contribution in [2.24, 2.45) is 0 Å². The first kappa shape index (κ1) is 28.0. The summed E-state index contributed by atoms with van der Waals surface area (Å²) in [6.45, 7) is 0. The third-order valence-corrected chi connectivity index (χ3v) is 12.0. The lowest BCUT2D eigenvalue weighted by molar-refractivity contribution is 0.801. The molecule has 10 aromatic rings. The Morgan fingerprint density at radius 2 is 0.865 bits per heavy atom. The molecular weight excluding hydrogens is 627 g/mol. The summed E-state index contributed by atoms with van der Waals surface area (Å²) < 4.78 is 2.40. The second kappa shape index (κ2) is 10.2. The van der Waals surface area contributed by atoms with Gasteiger partial charge in [-0.3, -0.25) is 0 Å². The average Bonchev–Trinajstić information content (AvgIpc) is 3.83. The van der Waals surface area contributed by atoms with Crippen LogP contribution in [-0.4, -0.2) is 4.57 Å². The van der Waals surface area contributed by atoms with Gasteiger partial charge in [-0.15, -0.1) is 0 Å². The van der Waals surface area contributed by atoms with Crippen LogP contribution in [0.4, 0.5) is 0 Å². The minimum absolute atomic E-state index is 0.400. The van der Waals surface area contributed by atoms with E-state index in [1.165, 1.54) is 105 Å². The first-order valence-corrected chi connectivity index (χ1v) is 18.2. The molecule has 1 nitrogen and oxygen atoms in total. The second-order valence-electron chi connectivity index (χ2n) is 14.4. The standard InChI is InChI=1S/C51H31N/c1-2-14-37-34(13-1)31-43(49-42-19-5-10-22-46(42)51(50(37)49)44-20-8-3-15-38(44)39-16-4-9-21-45(39)51)35-26-25-33-30-36(28-27-32(33)29-35)52-47-23-11-6-17-40(47)41-18-7-12-24-48(41)52/h1-31H. The van der Waals surface area contributed by atoms with Crippen molar-refractivity contribution in [1.82, 2.24) is 4.57 Å². The SMILES string of the molecule is c1ccc2c(c1)-c1ccccc1C21c2ccccc2-c2c(-c3ccc4cc(-n5c6ccccc6c6ccccc65)ccc4c3)cc3ccccc3c21. The highest BCUT2D eigenvalue weighted by atomic mass is 15.0. The van der Waals surface area contributed by atoms with Crippen LogP contribution < -0.4 is 0 Å². The highest BCUT2D eigenvalue weighted by molar-refractivity contribution is 6.11. The second-order valence-corrected chi connectivity index (χ2v) is 14.4. The lowest BCUT2D eigenvalue weighted by atomic mass is 9.69. The highest BCUT2D eigenvalue weighted by Gasteiger charge is 2.52. The van der Waals surface area contributed by atoms with Crippen molar-refractivity contribution in [2.45, 2.75) is 5.41 Å². The van der Waals surface area contributed by atoms with E-state index in [9.17, 15) is 0 Å². The van der Waals surface area contributed by atoms with Gasteiger partial charge in [-0.25, -0.2) is 0 Å². The Hall–Kier alpha value is -6.70. The number of rotatable bonds is 2. The predicted molar refractivity (Wildman–Crippen MR) is 218 cm³/mol. The number of nitrogens with zero attached hydrogens (tertiary/aromatic N) is 1. The molecule has 1 heterocycles. The molecule has 1 aromatic heterocycles. The first-order valence-electron chi connectivity index (χ1n) is 18.2. The van der Waals surface area contributed by atoms with E-state index < -0.39 is 5.41 Å². The van der Waals surface area contributed by atoms with E-state index in [2.05, 4.69) is 193 Å². The number of hydrogen-bond donors (Lipinski definition) is 0. The Morgan fingerprint density at radius 3 is 1.56 bits per heavy atom. The summed E-state index contributed by atoms with van der Waals surface area (Å²) in [4.78, 5) is 0. The molecule has 2 aliphatic rings. The maximum absolute atomic E-state index is 2.43. The molecule has 1 spiro atoms. The summed E-state index contributed by atoms with van der Waals surface area (Å²) in [5.41, 5.74) is 16.6. The van der Waals surface area contributed by atoms with Gasteiger partial charge in [-0.2, -0.15) is 0 Å². The van der Waals surface area contributed by atoms with Gasteiger partial charge < -0.3 is 4.57 Å². The molecule has 0 radical (unpaired) electrons. The fourth-order valence-corrected chi connectivity index (χ4v) is 9.94. The smallest absolute Gasteiger partial charge is 0.0731 e. The number of para-hydroxylation sites is 2. The molecule has 52 heavy (non-hydrogen) atoms. The van der Waals surface area contributed by atoms with Crippen LogP contribution in [0.3, 0.4) is 0 Å². The zero-order valence-electron chi connectivity index (χ0n) is 28.3. The Morgan fingerprint density at radius 1 is 0.346 bits per heavy atom. The van der Waals surface area contributed by atoms with Crippen molar-refractivity contribution < 1.29 is 0 Å². The molecule has 9 aromatic carbocycles. The maximum atomic E-state index is 2.43. The normalized spacial score (nSPS) is 13.5. The number of fused-ring (bicyclic) bond motifs is 16. The lowest BCUT2D eigenvalue weighted by Gasteiger charge is -2.31. The molecule has 12 rings (SSSR count). The van der Waals surface area contributed by atoms with Gasteiger partial charge in [-0.1, -0.05) is 152 Å². The first-order chi connectivity index (χ1) is 25.8. The van der Waals surface area contributed by atoms with Crippen LogP contribution in [0.25, 0.3) is 82.4 Å². The van der Waals surface area contributed by atoms with Gasteiger partial charge in [0.15, 0.2) is 0 Å². The Bertz CT molecular complexity index is 3040. The van der Waals surface area contributed by atoms with Crippen molar-refractivity contribution in [2.75, 3.05) is 0 Å². The maximum Gasteiger partial charge on any atom is 0.0731 e. The number of hydrogen-bond acceptors (Lipinski definition) is 0. The summed E-state index contributed by atoms with van der Waals surface area (Å²) in [5.74, 6) is 0. The van der Waals surface area contributed by atoms with Crippen LogP contribution in [0.15, 0.2) is 188 Å². The van der Waals surface area contributed by atoms with Crippen molar-refractivity contribution in [3.05, 3.63) is 210 Å². The fourth-order valence-electron chi connectivity index (χ4n) is 9.94. The molecule has 0 atom stereocenters. The molecule has 0 saturated heterocycles. The van der Waals surface area contributed by atoms with Crippen LogP contribution in [-0.2, 0) is 5.41 Å². The lowest BCUT2D eigenvalue weighted by Crippen LogP contribution is -2.26. The summed E-state index contributed by atoms with van der Waals surface area (Å²) in [7, 11) is 0. The van der Waals surface area contributed by atoms with E-state index in [4.69, 9.17) is 0 Å². The molecule has 1 heteroatoms. The molecular formula is C51H31N. The van der Waals surface area contributed by atoms with Gasteiger partial charge in [0.05, 0.1) is 16.4 Å². The number of benzene rings is 9. The van der Waals surface area contributed by atoms with Crippen LogP contribution >= 0.6 is 0 Å². The third kappa shape index (κ3) is 3.48. The average molecular weight is 658 g/mol. The van der Waals surface area contributed by atoms with Crippen LogP contribution in [0.1, 0.15) is 22.3 Å². The van der Waals surface area contributed by atoms with Crippen molar-refractivity contribution >= 4 is 43.4 Å². The molecule has 0 aliphatic heterocycles. The van der Waals surface area contributed by atoms with Gasteiger partial charge in [0.1, 0.15) is 0 Å². The monoisotopic (exact) mass is 657 g/mol. The third-order valence-electron chi connectivity index (χ3n) is 12.0. The predicted octanol–water partition coefficient (Wildman–Crippen LogP) is 13.1. The molecule has 2 aliphatic carbocycles. The Balaban J connectivity index is 1.12. The van der Waals surface area contributed by atoms with Gasteiger partial charge in [-0.05, 0) is 114 Å². The molecule has 0 saturated carbocycles. The quantitative estimate of drug-likeness (QED) is 0.174. The van der Waals surface area contributed by atoms with Gasteiger partial charge >= 0.3 is 0 Å². The van der Waals surface area contributed by atoms with Gasteiger partial charge in [0, 0.05) is 16.5 Å². The highest BCUT2D eigenvalue weighted by Crippen LogP contribution is 2.65. The van der Waals surface area contributed by atoms with E-state index in [-0.39, 0.29) is 0 Å². The van der Waals surface area contributed by atoms with Gasteiger partial charge in [0.2, 0.25) is 0 Å². The zero-order chi connectivity index (χ0) is 34.0. The zero-order valence-corrected chi connectivity index (χ0v) is 28.3. The summed E-state index contributed by atoms with van der Waals surface area (Å²) in [5, 5.41) is 7.62. The summed E-state index contributed by atoms with van der Waals surface area (Å²) in [6, 6.07) is 70.3. The summed E-state index contributed by atoms with van der Waals surface area (Å²) in [6.07, 6.45) is 0. The molecule has 0 N–H and O–H groups in total. The molecule has 0 amide bonds. The van der Waals surface area contributed by atoms with E-state index in [1.807, 2.05) is 0 Å². The van der Waals surface area contributed by atoms with Crippen LogP contribution in [0, 0.1) is 0 Å². The largest absolute Gasteiger partial charge is 0.309 e. The Labute approximate surface area is 301 Å². The van der Waals surface area contributed by atoms with Crippen LogP contribution in [0.5, 0.6) is 0 Å². The molecule has 0 fully saturated rings. The number of aromatic nitrogens is 1. The van der Waals surface area contributed by atoms with E-state index in [0.717, 1.165) is 0 Å². The van der Waals surface area contributed by atoms with Crippen molar-refractivity contribution in [1.29, 1.82) is 0 Å². The van der Waals surface area contributed by atoms with Crippen molar-refractivity contribution in [3.8, 4) is 39.1 Å². The fraction of sp³-hybridized carbons (Fsp3) is 0.0196. The summed E-state index contributed by atoms with van der Waals surface area (Å²) >= 11 is 0. The van der Waals surface area contributed by atoms with E-state index >= 15 is 0 Å². The minimum atomic E-state index is -0.400. The van der Waals surface area contributed by atoms with Crippen LogP contribution in [0.2, 0.25) is 0 Å². The van der Waals surface area contributed by atoms with E-state index in [1.54, 1.807) is 0 Å². The molecule has 0 bridgehead atoms. The van der Waals surface area contributed by atoms with Crippen molar-refractivity contribution in [3.63, 3.8) is 0 Å². The van der Waals surface area contributed by atoms with E-state index in [0.29, 0.717) is 0 Å². The minimum Gasteiger partial charge on any atom is -0.309 e. The topological polar surface area (TPSA) is 4.93 Å².